The molecule has 1 aromatic rings. The van der Waals surface area contributed by atoms with Crippen LogP contribution in [-0.4, -0.2) is 9.55 Å². The zero-order chi connectivity index (χ0) is 4.41. The molecule has 0 amide bonds. The van der Waals surface area contributed by atoms with Crippen molar-refractivity contribution in [2.75, 3.05) is 0 Å². The van der Waals surface area contributed by atoms with Crippen LogP contribution >= 0.6 is 0 Å². The summed E-state index contributed by atoms with van der Waals surface area (Å²) in [5, 5.41) is 0. The van der Waals surface area contributed by atoms with E-state index >= 15 is 0 Å². The molecule has 0 aliphatic rings. The Bertz CT molecular complexity index is 113. The molecule has 0 fully saturated rings. The Hall–Kier alpha value is -0.296. The molecule has 0 saturated carbocycles. The molecule has 2 nitrogen and oxygen atoms in total. The van der Waals surface area contributed by atoms with Gasteiger partial charge in [0, 0.05) is 35.9 Å². The maximum Gasteiger partial charge on any atom is 0.0943 e. The zero-order valence-corrected chi connectivity index (χ0v) is 4.93. The van der Waals surface area contributed by atoms with E-state index in [1.807, 2.05) is 17.8 Å². The Kier molecular flexibility index (Phi) is 2.69. The van der Waals surface area contributed by atoms with Gasteiger partial charge in [-0.15, -0.1) is 0 Å². The summed E-state index contributed by atoms with van der Waals surface area (Å²) in [7, 11) is 1.94. The van der Waals surface area contributed by atoms with Gasteiger partial charge in [-0.1, -0.05) is 0 Å². The smallest absolute Gasteiger partial charge is 0.0943 e. The van der Waals surface area contributed by atoms with Crippen molar-refractivity contribution in [3.05, 3.63) is 18.7 Å². The molecule has 0 spiro atoms. The maximum absolute atomic E-state index is 3.78. The maximum atomic E-state index is 3.78. The van der Waals surface area contributed by atoms with Crippen LogP contribution in [0.5, 0.6) is 0 Å². The molecule has 0 bridgehead atoms. The molecule has 0 aliphatic carbocycles. The summed E-state index contributed by atoms with van der Waals surface area (Å²) in [4.78, 5) is 3.78. The Balaban J connectivity index is 0.000000360. The largest absolute Gasteiger partial charge is 0.341 e. The molecule has 0 radical (unpaired) electrons. The van der Waals surface area contributed by atoms with Crippen LogP contribution in [0.3, 0.4) is 0 Å². The van der Waals surface area contributed by atoms with E-state index in [1.165, 1.54) is 0 Å². The van der Waals surface area contributed by atoms with Crippen molar-refractivity contribution in [2.24, 2.45) is 7.05 Å². The monoisotopic (exact) mass is 140 g/mol. The minimum absolute atomic E-state index is 0. The molecule has 3 heteroatoms. The fourth-order valence-corrected chi connectivity index (χ4v) is 0.326. The van der Waals surface area contributed by atoms with Crippen LogP contribution in [-0.2, 0) is 23.5 Å². The van der Waals surface area contributed by atoms with Crippen LogP contribution in [0.15, 0.2) is 18.7 Å². The number of nitrogens with zero attached hydrogens (tertiary/aromatic N) is 2. The van der Waals surface area contributed by atoms with Crippen LogP contribution in [0.4, 0.5) is 0 Å². The van der Waals surface area contributed by atoms with E-state index in [1.54, 1.807) is 12.5 Å². The molecule has 0 atom stereocenters. The van der Waals surface area contributed by atoms with Gasteiger partial charge in [0.15, 0.2) is 0 Å². The van der Waals surface area contributed by atoms with Gasteiger partial charge in [-0.3, -0.25) is 0 Å². The first-order chi connectivity index (χ1) is 2.89. The van der Waals surface area contributed by atoms with E-state index in [9.17, 15) is 0 Å². The van der Waals surface area contributed by atoms with Crippen LogP contribution in [0.1, 0.15) is 0 Å². The van der Waals surface area contributed by atoms with Crippen molar-refractivity contribution < 1.29 is 16.5 Å². The van der Waals surface area contributed by atoms with E-state index in [-0.39, 0.29) is 16.5 Å². The molecule has 1 rings (SSSR count). The third-order valence-electron chi connectivity index (χ3n) is 0.637. The van der Waals surface area contributed by atoms with E-state index < -0.39 is 0 Å². The normalized spacial score (nSPS) is 7.57. The molecule has 0 aliphatic heterocycles. The fourth-order valence-electron chi connectivity index (χ4n) is 0.326. The number of hydrogen-bond donors (Lipinski definition) is 0. The summed E-state index contributed by atoms with van der Waals surface area (Å²) >= 11 is 0. The van der Waals surface area contributed by atoms with Gasteiger partial charge in [0.25, 0.3) is 0 Å². The van der Waals surface area contributed by atoms with Crippen molar-refractivity contribution in [3.8, 4) is 0 Å². The minimum Gasteiger partial charge on any atom is -0.341 e. The van der Waals surface area contributed by atoms with Gasteiger partial charge in [0.05, 0.1) is 6.33 Å². The van der Waals surface area contributed by atoms with Crippen molar-refractivity contribution in [1.82, 2.24) is 9.55 Å². The van der Waals surface area contributed by atoms with Gasteiger partial charge >= 0.3 is 0 Å². The number of rotatable bonds is 0. The Morgan fingerprint density at radius 3 is 2.43 bits per heavy atom. The molecule has 0 saturated heterocycles. The van der Waals surface area contributed by atoms with Gasteiger partial charge < -0.3 is 4.57 Å². The van der Waals surface area contributed by atoms with E-state index in [4.69, 9.17) is 0 Å². The molecule has 7 heavy (non-hydrogen) atoms. The predicted molar refractivity (Wildman–Crippen MR) is 23.2 cm³/mol. The molecule has 1 aromatic heterocycles. The molecule has 42 valence electrons. The van der Waals surface area contributed by atoms with Gasteiger partial charge in [0.2, 0.25) is 0 Å². The van der Waals surface area contributed by atoms with Gasteiger partial charge in [0.1, 0.15) is 0 Å². The summed E-state index contributed by atoms with van der Waals surface area (Å²) in [6, 6.07) is 0. The summed E-state index contributed by atoms with van der Waals surface area (Å²) in [6.07, 6.45) is 5.39. The first-order valence-corrected chi connectivity index (χ1v) is 1.81. The van der Waals surface area contributed by atoms with Crippen molar-refractivity contribution in [2.45, 2.75) is 0 Å². The zero-order valence-electron chi connectivity index (χ0n) is 3.94. The van der Waals surface area contributed by atoms with Crippen molar-refractivity contribution in [1.29, 1.82) is 0 Å². The van der Waals surface area contributed by atoms with E-state index in [2.05, 4.69) is 4.98 Å². The average molecular weight is 141 g/mol. The van der Waals surface area contributed by atoms with Crippen molar-refractivity contribution >= 4 is 0 Å². The molecule has 0 N–H and O–H groups in total. The number of aryl methyl sites for hydroxylation is 1. The molecule has 0 aromatic carbocycles. The quantitative estimate of drug-likeness (QED) is 0.478. The summed E-state index contributed by atoms with van der Waals surface area (Å²) in [5.74, 6) is 0. The Morgan fingerprint density at radius 1 is 1.57 bits per heavy atom. The first kappa shape index (κ1) is 6.70. The van der Waals surface area contributed by atoms with Crippen LogP contribution in [0.25, 0.3) is 0 Å². The third kappa shape index (κ3) is 1.74. The number of hydrogen-bond acceptors (Lipinski definition) is 1. The number of aromatic nitrogens is 2. The van der Waals surface area contributed by atoms with Gasteiger partial charge in [-0.2, -0.15) is 0 Å². The molecular weight excluding hydrogens is 135 g/mol. The Morgan fingerprint density at radius 2 is 2.29 bits per heavy atom. The average Bonchev–Trinajstić information content (AvgIpc) is 1.86. The molecule has 1 heterocycles. The molecular formula is C4H6N2Ni. The van der Waals surface area contributed by atoms with Crippen LogP contribution in [0, 0.1) is 0 Å². The second-order valence-electron chi connectivity index (χ2n) is 1.23. The minimum atomic E-state index is 0. The summed E-state index contributed by atoms with van der Waals surface area (Å²) in [6.45, 7) is 0. The van der Waals surface area contributed by atoms with Gasteiger partial charge in [-0.05, 0) is 0 Å². The first-order valence-electron chi connectivity index (χ1n) is 1.81. The SMILES string of the molecule is Cn1ccnc1.[Ni]. The van der Waals surface area contributed by atoms with Crippen molar-refractivity contribution in [3.63, 3.8) is 0 Å². The standard InChI is InChI=1S/C4H6N2.Ni/c1-6-3-2-5-4-6;/h2-4H,1H3;. The fraction of sp³-hybridized carbons (Fsp3) is 0.250. The second-order valence-corrected chi connectivity index (χ2v) is 1.23. The van der Waals surface area contributed by atoms with Crippen LogP contribution in [0.2, 0.25) is 0 Å². The predicted octanol–water partition coefficient (Wildman–Crippen LogP) is 0.418. The van der Waals surface area contributed by atoms with E-state index in [0.29, 0.717) is 0 Å². The Labute approximate surface area is 52.5 Å². The number of imidazole rings is 1. The van der Waals surface area contributed by atoms with E-state index in [0.717, 1.165) is 0 Å². The van der Waals surface area contributed by atoms with Crippen LogP contribution < -0.4 is 0 Å². The van der Waals surface area contributed by atoms with Gasteiger partial charge in [-0.25, -0.2) is 4.98 Å². The summed E-state index contributed by atoms with van der Waals surface area (Å²) in [5.41, 5.74) is 0. The summed E-state index contributed by atoms with van der Waals surface area (Å²) < 4.78 is 1.89. The second kappa shape index (κ2) is 2.81. The topological polar surface area (TPSA) is 17.8 Å². The molecule has 0 unspecified atom stereocenters. The third-order valence-corrected chi connectivity index (χ3v) is 0.637.